The Bertz CT molecular complexity index is 811. The van der Waals surface area contributed by atoms with Gasteiger partial charge in [0.25, 0.3) is 0 Å². The van der Waals surface area contributed by atoms with Crippen molar-refractivity contribution in [3.8, 4) is 11.9 Å². The zero-order chi connectivity index (χ0) is 19.2. The van der Waals surface area contributed by atoms with E-state index in [0.717, 1.165) is 12.3 Å². The molecule has 0 amide bonds. The van der Waals surface area contributed by atoms with Gasteiger partial charge in [-0.15, -0.1) is 0 Å². The molecule has 0 aliphatic rings. The maximum atomic E-state index is 13.2. The van der Waals surface area contributed by atoms with Crippen LogP contribution in [0.4, 0.5) is 23.2 Å². The van der Waals surface area contributed by atoms with Crippen LogP contribution in [0.1, 0.15) is 5.56 Å². The van der Waals surface area contributed by atoms with Crippen molar-refractivity contribution in [1.29, 1.82) is 5.53 Å². The van der Waals surface area contributed by atoms with Crippen LogP contribution < -0.4 is 14.8 Å². The summed E-state index contributed by atoms with van der Waals surface area (Å²) in [5.41, 5.74) is 5.68. The average molecular weight is 371 g/mol. The molecule has 2 rings (SSSR count). The standard InChI is InChI=1S/C15H13F4N5O2/c1-25-13-4-5-21-14(23-13)26-8-10(24-20)7-22-9-2-3-12(16)11(6-9)15(17,18)19/h2-7,20,22H,8H2,1H3/b10-7-,24-20?. The van der Waals surface area contributed by atoms with Crippen molar-refractivity contribution in [2.45, 2.75) is 6.18 Å². The molecule has 0 fully saturated rings. The number of hydrogen-bond acceptors (Lipinski definition) is 7. The smallest absolute Gasteiger partial charge is 0.419 e. The van der Waals surface area contributed by atoms with Crippen molar-refractivity contribution < 1.29 is 27.0 Å². The Balaban J connectivity index is 2.06. The molecule has 7 nitrogen and oxygen atoms in total. The topological polar surface area (TPSA) is 92.5 Å². The molecule has 26 heavy (non-hydrogen) atoms. The van der Waals surface area contributed by atoms with Crippen molar-refractivity contribution in [3.63, 3.8) is 0 Å². The Hall–Kier alpha value is -3.24. The normalized spacial score (nSPS) is 11.8. The first-order chi connectivity index (χ1) is 12.3. The fourth-order valence-electron chi connectivity index (χ4n) is 1.75. The molecule has 2 N–H and O–H groups in total. The van der Waals surface area contributed by atoms with Crippen molar-refractivity contribution in [2.75, 3.05) is 19.0 Å². The summed E-state index contributed by atoms with van der Waals surface area (Å²) in [7, 11) is 1.42. The van der Waals surface area contributed by atoms with E-state index < -0.39 is 17.6 Å². The summed E-state index contributed by atoms with van der Waals surface area (Å²) in [4.78, 5) is 7.72. The Kier molecular flexibility index (Phi) is 6.04. The second kappa shape index (κ2) is 8.23. The van der Waals surface area contributed by atoms with Crippen LogP contribution in [0, 0.1) is 11.3 Å². The number of benzene rings is 1. The van der Waals surface area contributed by atoms with Crippen molar-refractivity contribution >= 4 is 5.69 Å². The van der Waals surface area contributed by atoms with Crippen LogP contribution in [0.5, 0.6) is 11.9 Å². The zero-order valence-electron chi connectivity index (χ0n) is 13.3. The van der Waals surface area contributed by atoms with Gasteiger partial charge in [-0.2, -0.15) is 23.3 Å². The van der Waals surface area contributed by atoms with Gasteiger partial charge >= 0.3 is 12.2 Å². The van der Waals surface area contributed by atoms with Crippen LogP contribution in [0.2, 0.25) is 0 Å². The molecule has 0 atom stereocenters. The molecule has 11 heteroatoms. The first kappa shape index (κ1) is 19.1. The molecule has 0 bridgehead atoms. The second-order valence-electron chi connectivity index (χ2n) is 4.75. The van der Waals surface area contributed by atoms with Gasteiger partial charge in [0.2, 0.25) is 5.88 Å². The predicted octanol–water partition coefficient (Wildman–Crippen LogP) is 4.01. The van der Waals surface area contributed by atoms with E-state index in [1.165, 1.54) is 19.4 Å². The molecule has 1 heterocycles. The lowest BCUT2D eigenvalue weighted by Crippen LogP contribution is -2.09. The van der Waals surface area contributed by atoms with Crippen LogP contribution >= 0.6 is 0 Å². The fourth-order valence-corrected chi connectivity index (χ4v) is 1.75. The van der Waals surface area contributed by atoms with Gasteiger partial charge < -0.3 is 14.8 Å². The van der Waals surface area contributed by atoms with Crippen LogP contribution in [-0.4, -0.2) is 23.7 Å². The number of alkyl halides is 3. The Morgan fingerprint density at radius 1 is 1.35 bits per heavy atom. The minimum Gasteiger partial charge on any atom is -0.481 e. The molecular weight excluding hydrogens is 358 g/mol. The quantitative estimate of drug-likeness (QED) is 0.567. The van der Waals surface area contributed by atoms with Gasteiger partial charge in [0, 0.05) is 24.2 Å². The monoisotopic (exact) mass is 371 g/mol. The number of halogens is 4. The van der Waals surface area contributed by atoms with Crippen molar-refractivity contribution in [1.82, 2.24) is 9.97 Å². The highest BCUT2D eigenvalue weighted by atomic mass is 19.4. The summed E-state index contributed by atoms with van der Waals surface area (Å²) in [5.74, 6) is -1.11. The highest BCUT2D eigenvalue weighted by Crippen LogP contribution is 2.33. The number of anilines is 1. The highest BCUT2D eigenvalue weighted by Gasteiger charge is 2.34. The van der Waals surface area contributed by atoms with Gasteiger partial charge in [-0.05, 0) is 18.2 Å². The minimum atomic E-state index is -4.82. The second-order valence-corrected chi connectivity index (χ2v) is 4.75. The number of ether oxygens (including phenoxy) is 2. The summed E-state index contributed by atoms with van der Waals surface area (Å²) >= 11 is 0. The third-order valence-electron chi connectivity index (χ3n) is 2.99. The first-order valence-electron chi connectivity index (χ1n) is 7.03. The largest absolute Gasteiger partial charge is 0.481 e. The molecule has 1 aromatic heterocycles. The number of nitrogens with one attached hydrogen (secondary N) is 2. The Labute approximate surface area is 145 Å². The Morgan fingerprint density at radius 3 is 2.77 bits per heavy atom. The van der Waals surface area contributed by atoms with Crippen LogP contribution in [0.15, 0.2) is 47.5 Å². The van der Waals surface area contributed by atoms with E-state index in [0.29, 0.717) is 12.1 Å². The average Bonchev–Trinajstić information content (AvgIpc) is 2.62. The van der Waals surface area contributed by atoms with E-state index in [-0.39, 0.29) is 29.9 Å². The molecule has 0 saturated heterocycles. The molecule has 0 aliphatic heterocycles. The zero-order valence-corrected chi connectivity index (χ0v) is 13.3. The van der Waals surface area contributed by atoms with Crippen LogP contribution in [0.3, 0.4) is 0 Å². The maximum Gasteiger partial charge on any atom is 0.419 e. The SMILES string of the molecule is COc1ccnc(OC/C(=C/Nc2ccc(F)c(C(F)(F)F)c2)N=N)n1. The summed E-state index contributed by atoms with van der Waals surface area (Å²) < 4.78 is 61.4. The van der Waals surface area contributed by atoms with Gasteiger partial charge in [0.1, 0.15) is 18.1 Å². The van der Waals surface area contributed by atoms with E-state index in [1.807, 2.05) is 0 Å². The molecule has 138 valence electrons. The molecule has 0 unspecified atom stereocenters. The fraction of sp³-hybridized carbons (Fsp3) is 0.200. The van der Waals surface area contributed by atoms with Gasteiger partial charge in [0.15, 0.2) is 0 Å². The lowest BCUT2D eigenvalue weighted by Gasteiger charge is -2.10. The summed E-state index contributed by atoms with van der Waals surface area (Å²) in [5, 5.41) is 5.70. The lowest BCUT2D eigenvalue weighted by molar-refractivity contribution is -0.139. The predicted molar refractivity (Wildman–Crippen MR) is 82.3 cm³/mol. The van der Waals surface area contributed by atoms with E-state index in [9.17, 15) is 17.6 Å². The third-order valence-corrected chi connectivity index (χ3v) is 2.99. The van der Waals surface area contributed by atoms with Gasteiger partial charge in [0.05, 0.1) is 12.7 Å². The molecule has 2 aromatic rings. The molecule has 0 aliphatic carbocycles. The summed E-state index contributed by atoms with van der Waals surface area (Å²) in [6.45, 7) is -0.225. The molecule has 0 spiro atoms. The van der Waals surface area contributed by atoms with E-state index in [4.69, 9.17) is 15.0 Å². The van der Waals surface area contributed by atoms with E-state index >= 15 is 0 Å². The summed E-state index contributed by atoms with van der Waals surface area (Å²) in [6.07, 6.45) is -2.26. The van der Waals surface area contributed by atoms with Gasteiger partial charge in [-0.1, -0.05) is 0 Å². The third kappa shape index (κ3) is 5.13. The first-order valence-corrected chi connectivity index (χ1v) is 7.03. The number of nitrogens with zero attached hydrogens (tertiary/aromatic N) is 3. The Morgan fingerprint density at radius 2 is 2.12 bits per heavy atom. The molecule has 1 aromatic carbocycles. The molecule has 0 saturated carbocycles. The maximum absolute atomic E-state index is 13.2. The lowest BCUT2D eigenvalue weighted by atomic mass is 10.2. The van der Waals surface area contributed by atoms with Gasteiger partial charge in [-0.25, -0.2) is 14.9 Å². The van der Waals surface area contributed by atoms with Crippen LogP contribution in [0.25, 0.3) is 0 Å². The molecule has 0 radical (unpaired) electrons. The van der Waals surface area contributed by atoms with E-state index in [1.54, 1.807) is 0 Å². The number of aromatic nitrogens is 2. The van der Waals surface area contributed by atoms with Crippen molar-refractivity contribution in [3.05, 3.63) is 53.7 Å². The van der Waals surface area contributed by atoms with Crippen LogP contribution in [-0.2, 0) is 6.18 Å². The van der Waals surface area contributed by atoms with Crippen molar-refractivity contribution in [2.24, 2.45) is 5.11 Å². The van der Waals surface area contributed by atoms with Gasteiger partial charge in [-0.3, -0.25) is 0 Å². The number of rotatable bonds is 7. The minimum absolute atomic E-state index is 0.0277. The van der Waals surface area contributed by atoms with E-state index in [2.05, 4.69) is 20.4 Å². The molecular formula is C15H13F4N5O2. The number of hydrogen-bond donors (Lipinski definition) is 2. The highest BCUT2D eigenvalue weighted by molar-refractivity contribution is 5.49. The number of methoxy groups -OCH3 is 1. The summed E-state index contributed by atoms with van der Waals surface area (Å²) in [6, 6.07) is 3.90.